The Hall–Kier alpha value is -1.68. The fourth-order valence-electron chi connectivity index (χ4n) is 2.12. The number of pyridine rings is 1. The molecule has 2 atom stereocenters. The van der Waals surface area contributed by atoms with Gasteiger partial charge in [-0.1, -0.05) is 17.7 Å². The molecule has 1 aromatic rings. The first-order valence-electron chi connectivity index (χ1n) is 5.78. The molecule has 0 radical (unpaired) electrons. The van der Waals surface area contributed by atoms with E-state index >= 15 is 0 Å². The van der Waals surface area contributed by atoms with E-state index < -0.39 is 18.1 Å². The van der Waals surface area contributed by atoms with Crippen molar-refractivity contribution < 1.29 is 13.9 Å². The summed E-state index contributed by atoms with van der Waals surface area (Å²) in [5, 5.41) is 0.356. The molecule has 0 N–H and O–H groups in total. The van der Waals surface area contributed by atoms with Gasteiger partial charge in [0.05, 0.1) is 18.4 Å². The number of halogens is 2. The van der Waals surface area contributed by atoms with Crippen LogP contribution in [0.15, 0.2) is 35.5 Å². The van der Waals surface area contributed by atoms with Crippen molar-refractivity contribution in [2.24, 2.45) is 0 Å². The van der Waals surface area contributed by atoms with E-state index in [-0.39, 0.29) is 0 Å². The van der Waals surface area contributed by atoms with Crippen LogP contribution in [0.25, 0.3) is 0 Å². The van der Waals surface area contributed by atoms with Gasteiger partial charge in [0, 0.05) is 17.1 Å². The standard InChI is InChI=1S/C14H13ClFNO2/c1-8-13(14(18)19-2)11(5-6-17-8)10-4-3-9(15)7-12(10)16/h3-7,10,12H,1-2H3. The second-order valence-corrected chi connectivity index (χ2v) is 4.67. The third-order valence-electron chi connectivity index (χ3n) is 3.05. The molecule has 100 valence electrons. The molecule has 0 bridgehead atoms. The highest BCUT2D eigenvalue weighted by Gasteiger charge is 2.27. The van der Waals surface area contributed by atoms with Gasteiger partial charge in [-0.15, -0.1) is 0 Å². The first-order valence-corrected chi connectivity index (χ1v) is 6.15. The number of esters is 1. The molecule has 0 amide bonds. The van der Waals surface area contributed by atoms with Crippen LogP contribution < -0.4 is 0 Å². The minimum Gasteiger partial charge on any atom is -0.465 e. The Balaban J connectivity index is 2.49. The number of carbonyl (C=O) groups excluding carboxylic acids is 1. The predicted molar refractivity (Wildman–Crippen MR) is 71.0 cm³/mol. The van der Waals surface area contributed by atoms with Gasteiger partial charge in [-0.05, 0) is 30.7 Å². The van der Waals surface area contributed by atoms with Crippen LogP contribution in [0.1, 0.15) is 27.5 Å². The van der Waals surface area contributed by atoms with Crippen LogP contribution in [-0.2, 0) is 4.74 Å². The topological polar surface area (TPSA) is 39.2 Å². The number of hydrogen-bond acceptors (Lipinski definition) is 3. The lowest BCUT2D eigenvalue weighted by Crippen LogP contribution is -2.18. The van der Waals surface area contributed by atoms with Gasteiger partial charge >= 0.3 is 5.97 Å². The number of carbonyl (C=O) groups is 1. The average Bonchev–Trinajstić information content (AvgIpc) is 2.37. The maximum absolute atomic E-state index is 14.1. The summed E-state index contributed by atoms with van der Waals surface area (Å²) in [7, 11) is 1.29. The van der Waals surface area contributed by atoms with E-state index in [1.807, 2.05) is 0 Å². The summed E-state index contributed by atoms with van der Waals surface area (Å²) < 4.78 is 18.8. The monoisotopic (exact) mass is 281 g/mol. The second-order valence-electron chi connectivity index (χ2n) is 4.23. The summed E-state index contributed by atoms with van der Waals surface area (Å²) in [6, 6.07) is 1.63. The van der Waals surface area contributed by atoms with Crippen LogP contribution in [0.3, 0.4) is 0 Å². The van der Waals surface area contributed by atoms with Gasteiger partial charge in [-0.25, -0.2) is 9.18 Å². The van der Waals surface area contributed by atoms with Gasteiger partial charge in [0.1, 0.15) is 6.17 Å². The first-order chi connectivity index (χ1) is 9.04. The van der Waals surface area contributed by atoms with Gasteiger partial charge in [-0.2, -0.15) is 0 Å². The van der Waals surface area contributed by atoms with Gasteiger partial charge in [0.15, 0.2) is 0 Å². The van der Waals surface area contributed by atoms with E-state index in [4.69, 9.17) is 16.3 Å². The molecule has 1 aromatic heterocycles. The van der Waals surface area contributed by atoms with Crippen LogP contribution in [0, 0.1) is 6.92 Å². The van der Waals surface area contributed by atoms with Crippen molar-refractivity contribution in [2.75, 3.05) is 7.11 Å². The molecule has 1 aliphatic rings. The first kappa shape index (κ1) is 13.7. The smallest absolute Gasteiger partial charge is 0.340 e. The zero-order chi connectivity index (χ0) is 14.0. The molecular formula is C14H13ClFNO2. The minimum atomic E-state index is -1.28. The maximum atomic E-state index is 14.1. The predicted octanol–water partition coefficient (Wildman–Crippen LogP) is 3.29. The summed E-state index contributed by atoms with van der Waals surface area (Å²) in [4.78, 5) is 15.9. The van der Waals surface area contributed by atoms with Gasteiger partial charge < -0.3 is 4.74 Å². The number of rotatable bonds is 2. The van der Waals surface area contributed by atoms with Crippen LogP contribution in [-0.4, -0.2) is 24.2 Å². The lowest BCUT2D eigenvalue weighted by molar-refractivity contribution is 0.0597. The molecule has 1 aliphatic carbocycles. The number of allylic oxidation sites excluding steroid dienone is 4. The maximum Gasteiger partial charge on any atom is 0.340 e. The molecule has 1 heterocycles. The molecule has 3 nitrogen and oxygen atoms in total. The van der Waals surface area contributed by atoms with E-state index in [0.717, 1.165) is 0 Å². The molecule has 0 saturated heterocycles. The largest absolute Gasteiger partial charge is 0.465 e. The number of aromatic nitrogens is 1. The average molecular weight is 282 g/mol. The van der Waals surface area contributed by atoms with Gasteiger partial charge in [-0.3, -0.25) is 4.98 Å². The molecule has 2 unspecified atom stereocenters. The van der Waals surface area contributed by atoms with Crippen molar-refractivity contribution >= 4 is 17.6 Å². The lowest BCUT2D eigenvalue weighted by Gasteiger charge is -2.21. The molecule has 2 rings (SSSR count). The van der Waals surface area contributed by atoms with Crippen molar-refractivity contribution in [3.63, 3.8) is 0 Å². The van der Waals surface area contributed by atoms with E-state index in [2.05, 4.69) is 4.98 Å². The van der Waals surface area contributed by atoms with E-state index in [0.29, 0.717) is 21.9 Å². The fraction of sp³-hybridized carbons (Fsp3) is 0.286. The molecule has 5 heteroatoms. The number of ether oxygens (including phenoxy) is 1. The van der Waals surface area contributed by atoms with Crippen molar-refractivity contribution in [1.82, 2.24) is 4.98 Å². The second kappa shape index (κ2) is 5.53. The Labute approximate surface area is 115 Å². The Morgan fingerprint density at radius 2 is 2.26 bits per heavy atom. The van der Waals surface area contributed by atoms with E-state index in [9.17, 15) is 9.18 Å². The van der Waals surface area contributed by atoms with E-state index in [1.165, 1.54) is 13.2 Å². The van der Waals surface area contributed by atoms with Crippen LogP contribution >= 0.6 is 11.6 Å². The third-order valence-corrected chi connectivity index (χ3v) is 3.30. The molecule has 0 fully saturated rings. The Kier molecular flexibility index (Phi) is 4.00. The molecule has 0 saturated carbocycles. The fourth-order valence-corrected chi connectivity index (χ4v) is 2.31. The minimum absolute atomic E-state index is 0.314. The zero-order valence-electron chi connectivity index (χ0n) is 10.6. The van der Waals surface area contributed by atoms with Crippen molar-refractivity contribution in [3.05, 3.63) is 52.3 Å². The number of methoxy groups -OCH3 is 1. The lowest BCUT2D eigenvalue weighted by atomic mass is 9.87. The third kappa shape index (κ3) is 2.68. The SMILES string of the molecule is COC(=O)c1c(C2C=CC(Cl)=CC2F)ccnc1C. The summed E-state index contributed by atoms with van der Waals surface area (Å²) in [6.45, 7) is 1.69. The van der Waals surface area contributed by atoms with Crippen LogP contribution in [0.2, 0.25) is 0 Å². The Morgan fingerprint density at radius 1 is 1.53 bits per heavy atom. The number of alkyl halides is 1. The quantitative estimate of drug-likeness (QED) is 0.781. The van der Waals surface area contributed by atoms with Crippen molar-refractivity contribution in [1.29, 1.82) is 0 Å². The van der Waals surface area contributed by atoms with Crippen molar-refractivity contribution in [3.8, 4) is 0 Å². The molecule has 0 spiro atoms. The summed E-state index contributed by atoms with van der Waals surface area (Å²) in [6.07, 6.45) is 4.87. The molecule has 0 aliphatic heterocycles. The molecule has 0 aromatic carbocycles. The summed E-state index contributed by atoms with van der Waals surface area (Å²) in [5.74, 6) is -1.07. The molecule has 19 heavy (non-hydrogen) atoms. The van der Waals surface area contributed by atoms with Crippen LogP contribution in [0.5, 0.6) is 0 Å². The number of aryl methyl sites for hydroxylation is 1. The number of nitrogens with zero attached hydrogens (tertiary/aromatic N) is 1. The molecular weight excluding hydrogens is 269 g/mol. The zero-order valence-corrected chi connectivity index (χ0v) is 11.3. The van der Waals surface area contributed by atoms with Gasteiger partial charge in [0.2, 0.25) is 0 Å². The highest BCUT2D eigenvalue weighted by atomic mass is 35.5. The Morgan fingerprint density at radius 3 is 2.89 bits per heavy atom. The van der Waals surface area contributed by atoms with Crippen molar-refractivity contribution in [2.45, 2.75) is 19.0 Å². The summed E-state index contributed by atoms with van der Waals surface area (Å²) in [5.41, 5.74) is 1.39. The normalized spacial score (nSPS) is 22.0. The van der Waals surface area contributed by atoms with Crippen LogP contribution in [0.4, 0.5) is 4.39 Å². The highest BCUT2D eigenvalue weighted by molar-refractivity contribution is 6.31. The highest BCUT2D eigenvalue weighted by Crippen LogP contribution is 2.33. The summed E-state index contributed by atoms with van der Waals surface area (Å²) >= 11 is 5.76. The Bertz CT molecular complexity index is 569. The number of hydrogen-bond donors (Lipinski definition) is 0. The van der Waals surface area contributed by atoms with Gasteiger partial charge in [0.25, 0.3) is 0 Å². The van der Waals surface area contributed by atoms with E-state index in [1.54, 1.807) is 31.3 Å².